The lowest BCUT2D eigenvalue weighted by atomic mass is 10.1. The van der Waals surface area contributed by atoms with Crippen molar-refractivity contribution in [2.45, 2.75) is 57.9 Å². The lowest BCUT2D eigenvalue weighted by molar-refractivity contribution is -0.140. The number of carbonyl (C=O) groups excluding carboxylic acids is 4. The smallest absolute Gasteiger partial charge is 0.305 e. The summed E-state index contributed by atoms with van der Waals surface area (Å²) >= 11 is 0. The van der Waals surface area contributed by atoms with E-state index in [0.717, 1.165) is 36.8 Å². The van der Waals surface area contributed by atoms with Crippen LogP contribution in [0, 0.1) is 0 Å². The molecule has 12 heteroatoms. The summed E-state index contributed by atoms with van der Waals surface area (Å²) in [6, 6.07) is 8.22. The predicted octanol–water partition coefficient (Wildman–Crippen LogP) is 4.32. The van der Waals surface area contributed by atoms with Crippen LogP contribution in [0.2, 0.25) is 0 Å². The Balaban J connectivity index is 1.77. The maximum Gasteiger partial charge on any atom is 0.305 e. The summed E-state index contributed by atoms with van der Waals surface area (Å²) in [5.41, 5.74) is 0.687. The molecule has 0 aliphatic carbocycles. The van der Waals surface area contributed by atoms with Crippen molar-refractivity contribution in [3.05, 3.63) is 53.1 Å². The lowest BCUT2D eigenvalue weighted by Gasteiger charge is -2.27. The number of nitrogens with zero attached hydrogens (tertiary/aromatic N) is 1. The van der Waals surface area contributed by atoms with Gasteiger partial charge in [0.15, 0.2) is 11.5 Å². The van der Waals surface area contributed by atoms with Gasteiger partial charge >= 0.3 is 5.97 Å². The van der Waals surface area contributed by atoms with Crippen LogP contribution in [0.5, 0.6) is 11.5 Å². The molecule has 1 heterocycles. The maximum atomic E-state index is 13.7. The normalized spacial score (nSPS) is 13.5. The van der Waals surface area contributed by atoms with E-state index in [1.807, 2.05) is 0 Å². The Bertz CT molecular complexity index is 1420. The summed E-state index contributed by atoms with van der Waals surface area (Å²) in [6.07, 6.45) is 5.49. The lowest BCUT2D eigenvalue weighted by Crippen LogP contribution is -2.37. The molecule has 2 aromatic rings. The van der Waals surface area contributed by atoms with Crippen LogP contribution >= 0.6 is 0 Å². The first kappa shape index (κ1) is 32.6. The van der Waals surface area contributed by atoms with Crippen LogP contribution in [0.15, 0.2) is 36.4 Å². The molecular weight excluding hydrogens is 564 g/mol. The number of sulfone groups is 1. The van der Waals surface area contributed by atoms with Crippen LogP contribution in [-0.4, -0.2) is 69.8 Å². The molecule has 1 N–H and O–H groups in total. The van der Waals surface area contributed by atoms with E-state index in [4.69, 9.17) is 9.47 Å². The zero-order valence-electron chi connectivity index (χ0n) is 24.4. The van der Waals surface area contributed by atoms with Gasteiger partial charge in [0.2, 0.25) is 5.91 Å². The molecule has 0 spiro atoms. The molecule has 1 aliphatic rings. The number of carbonyl (C=O) groups is 4. The molecule has 3 rings (SSSR count). The molecular formula is C30H38N2O9S. The molecule has 42 heavy (non-hydrogen) atoms. The quantitative estimate of drug-likeness (QED) is 0.169. The summed E-state index contributed by atoms with van der Waals surface area (Å²) in [7, 11) is -0.819. The van der Waals surface area contributed by atoms with Gasteiger partial charge in [-0.15, -0.1) is 0 Å². The number of anilines is 1. The number of nitrogens with one attached hydrogen (secondary N) is 1. The van der Waals surface area contributed by atoms with E-state index >= 15 is 0 Å². The van der Waals surface area contributed by atoms with E-state index in [1.165, 1.54) is 20.3 Å². The molecule has 1 aliphatic heterocycles. The van der Waals surface area contributed by atoms with Crippen LogP contribution in [0.3, 0.4) is 0 Å². The number of benzene rings is 2. The second-order valence-corrected chi connectivity index (χ2v) is 12.2. The second-order valence-electron chi connectivity index (χ2n) is 10.1. The Kier molecular flexibility index (Phi) is 11.5. The third-order valence-electron chi connectivity index (χ3n) is 6.88. The zero-order valence-corrected chi connectivity index (χ0v) is 25.3. The van der Waals surface area contributed by atoms with E-state index in [2.05, 4.69) is 10.1 Å². The van der Waals surface area contributed by atoms with Crippen LogP contribution in [0.25, 0.3) is 0 Å². The van der Waals surface area contributed by atoms with E-state index in [1.54, 1.807) is 37.3 Å². The van der Waals surface area contributed by atoms with Crippen molar-refractivity contribution >= 4 is 39.2 Å². The predicted molar refractivity (Wildman–Crippen MR) is 157 cm³/mol. The Labute approximate surface area is 246 Å². The average Bonchev–Trinajstić information content (AvgIpc) is 3.20. The minimum atomic E-state index is -3.65. The first-order valence-electron chi connectivity index (χ1n) is 13.9. The summed E-state index contributed by atoms with van der Waals surface area (Å²) in [6.45, 7) is 2.11. The van der Waals surface area contributed by atoms with Gasteiger partial charge in [0.25, 0.3) is 11.8 Å². The molecule has 0 bridgehead atoms. The highest BCUT2D eigenvalue weighted by atomic mass is 32.2. The van der Waals surface area contributed by atoms with Crippen molar-refractivity contribution in [3.63, 3.8) is 0 Å². The molecule has 0 saturated carbocycles. The number of amides is 3. The fraction of sp³-hybridized carbons (Fsp3) is 0.467. The SMILES string of the molecule is CCOc1cc([C@@H](CS(C)(=O)=O)N2C(=O)c3cccc(NC(=O)CCCCCCCC(=O)OC)c3C2=O)ccc1OC. The summed E-state index contributed by atoms with van der Waals surface area (Å²) in [5, 5.41) is 2.75. The van der Waals surface area contributed by atoms with E-state index in [0.29, 0.717) is 36.5 Å². The first-order chi connectivity index (χ1) is 20.0. The summed E-state index contributed by atoms with van der Waals surface area (Å²) in [4.78, 5) is 52.1. The van der Waals surface area contributed by atoms with Crippen LogP contribution in [0.4, 0.5) is 5.69 Å². The summed E-state index contributed by atoms with van der Waals surface area (Å²) < 4.78 is 40.5. The Morgan fingerprint density at radius 2 is 1.62 bits per heavy atom. The van der Waals surface area contributed by atoms with Crippen molar-refractivity contribution < 1.29 is 41.8 Å². The number of rotatable bonds is 16. The van der Waals surface area contributed by atoms with Crippen LogP contribution < -0.4 is 14.8 Å². The topological polar surface area (TPSA) is 145 Å². The first-order valence-corrected chi connectivity index (χ1v) is 15.9. The van der Waals surface area contributed by atoms with Gasteiger partial charge in [-0.2, -0.15) is 0 Å². The zero-order chi connectivity index (χ0) is 30.9. The standard InChI is InChI=1S/C30H38N2O9S/c1-5-41-25-18-20(16-17-24(25)39-2)23(19-42(4,37)38)32-29(35)21-12-11-13-22(28(21)30(32)36)31-26(33)14-9-7-6-8-10-15-27(34)40-3/h11-13,16-18,23H,5-10,14-15,19H2,1-4H3,(H,31,33)/t23-/m1/s1. The van der Waals surface area contributed by atoms with Crippen molar-refractivity contribution in [1.29, 1.82) is 0 Å². The molecule has 0 fully saturated rings. The molecule has 11 nitrogen and oxygen atoms in total. The maximum absolute atomic E-state index is 13.7. The van der Waals surface area contributed by atoms with Gasteiger partial charge in [-0.05, 0) is 49.6 Å². The fourth-order valence-corrected chi connectivity index (χ4v) is 5.78. The number of methoxy groups -OCH3 is 2. The van der Waals surface area contributed by atoms with Gasteiger partial charge < -0.3 is 19.5 Å². The highest BCUT2D eigenvalue weighted by Gasteiger charge is 2.43. The number of hydrogen-bond acceptors (Lipinski definition) is 9. The molecule has 228 valence electrons. The Hall–Kier alpha value is -3.93. The number of hydrogen-bond donors (Lipinski definition) is 1. The largest absolute Gasteiger partial charge is 0.493 e. The molecule has 2 aromatic carbocycles. The number of imide groups is 1. The summed E-state index contributed by atoms with van der Waals surface area (Å²) in [5.74, 6) is -1.62. The Morgan fingerprint density at radius 1 is 0.929 bits per heavy atom. The van der Waals surface area contributed by atoms with Crippen molar-refractivity contribution in [2.24, 2.45) is 0 Å². The fourth-order valence-electron chi connectivity index (χ4n) is 4.87. The molecule has 0 radical (unpaired) electrons. The molecule has 0 saturated heterocycles. The van der Waals surface area contributed by atoms with Gasteiger partial charge in [-0.25, -0.2) is 8.42 Å². The molecule has 3 amide bonds. The minimum absolute atomic E-state index is 0.0238. The second kappa shape index (κ2) is 14.8. The highest BCUT2D eigenvalue weighted by molar-refractivity contribution is 7.90. The molecule has 0 aromatic heterocycles. The van der Waals surface area contributed by atoms with Crippen molar-refractivity contribution in [1.82, 2.24) is 4.90 Å². The van der Waals surface area contributed by atoms with Gasteiger partial charge in [-0.3, -0.25) is 24.1 Å². The number of ether oxygens (including phenoxy) is 3. The highest BCUT2D eigenvalue weighted by Crippen LogP contribution is 2.38. The third-order valence-corrected chi connectivity index (χ3v) is 7.80. The monoisotopic (exact) mass is 602 g/mol. The van der Waals surface area contributed by atoms with Gasteiger partial charge in [0.1, 0.15) is 9.84 Å². The van der Waals surface area contributed by atoms with E-state index < -0.39 is 33.4 Å². The van der Waals surface area contributed by atoms with Crippen LogP contribution in [0.1, 0.15) is 84.2 Å². The van der Waals surface area contributed by atoms with E-state index in [9.17, 15) is 27.6 Å². The molecule has 0 unspecified atom stereocenters. The van der Waals surface area contributed by atoms with Crippen molar-refractivity contribution in [3.8, 4) is 11.5 Å². The van der Waals surface area contributed by atoms with Gasteiger partial charge in [-0.1, -0.05) is 31.4 Å². The molecule has 1 atom stereocenters. The average molecular weight is 603 g/mol. The Morgan fingerprint density at radius 3 is 2.26 bits per heavy atom. The van der Waals surface area contributed by atoms with E-state index in [-0.39, 0.29) is 35.1 Å². The third kappa shape index (κ3) is 8.31. The van der Waals surface area contributed by atoms with Crippen molar-refractivity contribution in [2.75, 3.05) is 38.2 Å². The number of fused-ring (bicyclic) bond motifs is 1. The van der Waals surface area contributed by atoms with Gasteiger partial charge in [0, 0.05) is 19.1 Å². The van der Waals surface area contributed by atoms with Crippen LogP contribution in [-0.2, 0) is 24.2 Å². The van der Waals surface area contributed by atoms with Gasteiger partial charge in [0.05, 0.1) is 49.4 Å². The minimum Gasteiger partial charge on any atom is -0.493 e. The number of unbranched alkanes of at least 4 members (excludes halogenated alkanes) is 4. The number of esters is 1.